The molecule has 6 heteroatoms. The smallest absolute Gasteiger partial charge is 0.146 e. The first-order chi connectivity index (χ1) is 9.15. The predicted molar refractivity (Wildman–Crippen MR) is 69.3 cm³/mol. The normalized spacial score (nSPS) is 14.3. The third-order valence-corrected chi connectivity index (χ3v) is 3.31. The molecule has 2 aromatic rings. The van der Waals surface area contributed by atoms with E-state index in [2.05, 4.69) is 9.97 Å². The van der Waals surface area contributed by atoms with Gasteiger partial charge in [0.25, 0.3) is 0 Å². The van der Waals surface area contributed by atoms with Crippen LogP contribution in [0.4, 0.5) is 15.9 Å². The van der Waals surface area contributed by atoms with Crippen molar-refractivity contribution >= 4 is 11.5 Å². The number of nitrogens with two attached hydrogens (primary N) is 1. The molecule has 0 saturated carbocycles. The first-order valence-electron chi connectivity index (χ1n) is 5.97. The number of nitrogen functional groups attached to an aromatic ring is 1. The molecule has 0 bridgehead atoms. The number of hydrogen-bond acceptors (Lipinski definition) is 5. The second-order valence-electron chi connectivity index (χ2n) is 4.49. The topological polar surface area (TPSA) is 75.3 Å². The highest BCUT2D eigenvalue weighted by Crippen LogP contribution is 2.29. The summed E-state index contributed by atoms with van der Waals surface area (Å²) >= 11 is 0. The summed E-state index contributed by atoms with van der Waals surface area (Å²) in [6.07, 6.45) is 2.08. The van der Waals surface area contributed by atoms with Crippen LogP contribution in [-0.2, 0) is 13.0 Å². The van der Waals surface area contributed by atoms with Gasteiger partial charge in [-0.05, 0) is 18.6 Å². The molecule has 0 saturated heterocycles. The summed E-state index contributed by atoms with van der Waals surface area (Å²) in [5, 5.41) is 9.47. The molecule has 3 rings (SSSR count). The van der Waals surface area contributed by atoms with Gasteiger partial charge in [0.1, 0.15) is 23.7 Å². The number of fused-ring (bicyclic) bond motifs is 1. The fraction of sp³-hybridized carbons (Fsp3) is 0.231. The van der Waals surface area contributed by atoms with Crippen LogP contribution in [0.15, 0.2) is 24.5 Å². The molecule has 0 fully saturated rings. The molecular weight excluding hydrogens is 247 g/mol. The van der Waals surface area contributed by atoms with E-state index in [-0.39, 0.29) is 11.6 Å². The molecule has 98 valence electrons. The van der Waals surface area contributed by atoms with Gasteiger partial charge in [-0.25, -0.2) is 14.4 Å². The average Bonchev–Trinajstić information content (AvgIpc) is 2.41. The lowest BCUT2D eigenvalue weighted by Crippen LogP contribution is -2.32. The van der Waals surface area contributed by atoms with Crippen LogP contribution in [0.3, 0.4) is 0 Å². The molecule has 0 atom stereocenters. The number of anilines is 2. The first-order valence-corrected chi connectivity index (χ1v) is 5.97. The molecule has 0 aliphatic carbocycles. The number of hydrogen-bond donors (Lipinski definition) is 2. The summed E-state index contributed by atoms with van der Waals surface area (Å²) in [7, 11) is 0. The minimum atomic E-state index is -0.358. The van der Waals surface area contributed by atoms with Crippen LogP contribution < -0.4 is 10.6 Å². The van der Waals surface area contributed by atoms with Crippen molar-refractivity contribution in [1.29, 1.82) is 0 Å². The van der Waals surface area contributed by atoms with Crippen LogP contribution in [0.25, 0.3) is 0 Å². The number of rotatable bonds is 1. The molecule has 3 N–H and O–H groups in total. The van der Waals surface area contributed by atoms with Gasteiger partial charge in [0.05, 0.1) is 17.9 Å². The van der Waals surface area contributed by atoms with Crippen molar-refractivity contribution in [2.75, 3.05) is 17.2 Å². The second-order valence-corrected chi connectivity index (χ2v) is 4.49. The first kappa shape index (κ1) is 11.7. The summed E-state index contributed by atoms with van der Waals surface area (Å²) < 4.78 is 13.8. The molecule has 2 heterocycles. The van der Waals surface area contributed by atoms with Crippen molar-refractivity contribution in [2.45, 2.75) is 13.0 Å². The predicted octanol–water partition coefficient (Wildman–Crippen LogP) is 1.47. The fourth-order valence-electron chi connectivity index (χ4n) is 2.33. The van der Waals surface area contributed by atoms with Crippen LogP contribution in [0.5, 0.6) is 5.75 Å². The average molecular weight is 260 g/mol. The highest BCUT2D eigenvalue weighted by molar-refractivity contribution is 5.55. The van der Waals surface area contributed by atoms with E-state index in [0.29, 0.717) is 31.0 Å². The van der Waals surface area contributed by atoms with E-state index in [4.69, 9.17) is 5.73 Å². The van der Waals surface area contributed by atoms with Gasteiger partial charge in [0, 0.05) is 18.2 Å². The Hall–Kier alpha value is -2.37. The Balaban J connectivity index is 1.96. The van der Waals surface area contributed by atoms with Gasteiger partial charge in [-0.15, -0.1) is 0 Å². The fourth-order valence-corrected chi connectivity index (χ4v) is 2.33. The van der Waals surface area contributed by atoms with E-state index in [1.165, 1.54) is 24.5 Å². The van der Waals surface area contributed by atoms with Crippen LogP contribution in [0, 0.1) is 5.82 Å². The Kier molecular flexibility index (Phi) is 2.70. The van der Waals surface area contributed by atoms with Crippen LogP contribution >= 0.6 is 0 Å². The lowest BCUT2D eigenvalue weighted by Gasteiger charge is -2.30. The summed E-state index contributed by atoms with van der Waals surface area (Å²) in [6.45, 7) is 1.08. The maximum atomic E-state index is 13.8. The van der Waals surface area contributed by atoms with Crippen LogP contribution in [-0.4, -0.2) is 21.6 Å². The summed E-state index contributed by atoms with van der Waals surface area (Å²) in [5.41, 5.74) is 7.91. The number of nitrogens with zero attached hydrogens (tertiary/aromatic N) is 3. The van der Waals surface area contributed by atoms with Gasteiger partial charge < -0.3 is 15.7 Å². The Morgan fingerprint density at radius 3 is 3.00 bits per heavy atom. The quantitative estimate of drug-likeness (QED) is 0.812. The van der Waals surface area contributed by atoms with Gasteiger partial charge in [-0.3, -0.25) is 0 Å². The molecule has 19 heavy (non-hydrogen) atoms. The second kappa shape index (κ2) is 4.38. The SMILES string of the molecule is Nc1ncnc2c1CCN(c1cc(O)ccc1F)C2. The summed E-state index contributed by atoms with van der Waals surface area (Å²) in [5.74, 6) is 0.175. The van der Waals surface area contributed by atoms with E-state index < -0.39 is 0 Å². The van der Waals surface area contributed by atoms with Crippen molar-refractivity contribution in [2.24, 2.45) is 0 Å². The zero-order valence-corrected chi connectivity index (χ0v) is 10.2. The number of phenolic OH excluding ortho intramolecular Hbond substituents is 1. The molecule has 1 aliphatic rings. The van der Waals surface area contributed by atoms with Gasteiger partial charge in [-0.1, -0.05) is 0 Å². The van der Waals surface area contributed by atoms with Crippen molar-refractivity contribution in [1.82, 2.24) is 9.97 Å². The molecule has 1 aliphatic heterocycles. The zero-order valence-electron chi connectivity index (χ0n) is 10.2. The zero-order chi connectivity index (χ0) is 13.4. The lowest BCUT2D eigenvalue weighted by molar-refractivity contribution is 0.472. The minimum Gasteiger partial charge on any atom is -0.508 e. The number of aromatic hydroxyl groups is 1. The number of benzene rings is 1. The monoisotopic (exact) mass is 260 g/mol. The number of halogens is 1. The third-order valence-electron chi connectivity index (χ3n) is 3.31. The number of phenols is 1. The van der Waals surface area contributed by atoms with Crippen LogP contribution in [0.2, 0.25) is 0 Å². The highest BCUT2D eigenvalue weighted by atomic mass is 19.1. The molecular formula is C13H13FN4O. The Morgan fingerprint density at radius 2 is 2.16 bits per heavy atom. The maximum Gasteiger partial charge on any atom is 0.146 e. The van der Waals surface area contributed by atoms with Gasteiger partial charge in [0.15, 0.2) is 0 Å². The molecule has 0 spiro atoms. The minimum absolute atomic E-state index is 0.0457. The molecule has 1 aromatic carbocycles. The van der Waals surface area contributed by atoms with E-state index in [0.717, 1.165) is 11.3 Å². The lowest BCUT2D eigenvalue weighted by atomic mass is 10.0. The van der Waals surface area contributed by atoms with E-state index in [9.17, 15) is 9.50 Å². The van der Waals surface area contributed by atoms with Crippen molar-refractivity contribution < 1.29 is 9.50 Å². The number of aromatic nitrogens is 2. The third kappa shape index (κ3) is 2.05. The van der Waals surface area contributed by atoms with E-state index >= 15 is 0 Å². The maximum absolute atomic E-state index is 13.8. The molecule has 5 nitrogen and oxygen atoms in total. The summed E-state index contributed by atoms with van der Waals surface area (Å²) in [6, 6.07) is 4.01. The van der Waals surface area contributed by atoms with Gasteiger partial charge >= 0.3 is 0 Å². The molecule has 0 radical (unpaired) electrons. The van der Waals surface area contributed by atoms with Crippen LogP contribution in [0.1, 0.15) is 11.3 Å². The Labute approximate surface area is 109 Å². The van der Waals surface area contributed by atoms with Gasteiger partial charge in [0.2, 0.25) is 0 Å². The Bertz CT molecular complexity index is 632. The van der Waals surface area contributed by atoms with E-state index in [1.807, 2.05) is 4.90 Å². The highest BCUT2D eigenvalue weighted by Gasteiger charge is 2.22. The van der Waals surface area contributed by atoms with Crippen molar-refractivity contribution in [3.63, 3.8) is 0 Å². The standard InChI is InChI=1S/C13H13FN4O/c14-10-2-1-8(19)5-12(10)18-4-3-9-11(6-18)16-7-17-13(9)15/h1-2,5,7,19H,3-4,6H2,(H2,15,16,17). The van der Waals surface area contributed by atoms with Crippen molar-refractivity contribution in [3.05, 3.63) is 41.6 Å². The molecule has 0 amide bonds. The summed E-state index contributed by atoms with van der Waals surface area (Å²) in [4.78, 5) is 9.98. The van der Waals surface area contributed by atoms with Gasteiger partial charge in [-0.2, -0.15) is 0 Å². The molecule has 0 unspecified atom stereocenters. The van der Waals surface area contributed by atoms with Crippen molar-refractivity contribution in [3.8, 4) is 5.75 Å². The molecule has 1 aromatic heterocycles. The van der Waals surface area contributed by atoms with E-state index in [1.54, 1.807) is 0 Å². The largest absolute Gasteiger partial charge is 0.508 e. The Morgan fingerprint density at radius 1 is 1.32 bits per heavy atom.